The molecule has 0 atom stereocenters. The molecule has 1 heterocycles. The Morgan fingerprint density at radius 1 is 1.14 bits per heavy atom. The summed E-state index contributed by atoms with van der Waals surface area (Å²) in [6.07, 6.45) is 1.75. The fourth-order valence-corrected chi connectivity index (χ4v) is 3.22. The maximum atomic E-state index is 12.4. The predicted molar refractivity (Wildman–Crippen MR) is 116 cm³/mol. The summed E-state index contributed by atoms with van der Waals surface area (Å²) in [6, 6.07) is 11.1. The Kier molecular flexibility index (Phi) is 6.83. The highest BCUT2D eigenvalue weighted by molar-refractivity contribution is 6.32. The molecular weight excluding hydrogens is 409 g/mol. The Hall–Kier alpha value is -2.50. The standard InChI is InChI=1S/C22H23Cl2N3O2/c1-4-27-12-19(23)20(26-27)11-25-22(28)17-7-5-16(6-8-17)13-29-18-9-14(2)21(24)15(3)10-18/h5-10,12H,4,11,13H2,1-3H3,(H,25,28). The number of carbonyl (C=O) groups is 1. The number of hydrogen-bond acceptors (Lipinski definition) is 3. The van der Waals surface area contributed by atoms with Crippen LogP contribution in [0.4, 0.5) is 0 Å². The highest BCUT2D eigenvalue weighted by Gasteiger charge is 2.10. The number of carbonyl (C=O) groups excluding carboxylic acids is 1. The van der Waals surface area contributed by atoms with Crippen LogP contribution >= 0.6 is 23.2 Å². The molecule has 0 aliphatic rings. The molecule has 3 aromatic rings. The van der Waals surface area contributed by atoms with Crippen LogP contribution in [-0.4, -0.2) is 15.7 Å². The summed E-state index contributed by atoms with van der Waals surface area (Å²) in [4.78, 5) is 12.4. The molecule has 152 valence electrons. The number of hydrogen-bond donors (Lipinski definition) is 1. The quantitative estimate of drug-likeness (QED) is 0.549. The van der Waals surface area contributed by atoms with E-state index in [9.17, 15) is 4.79 Å². The maximum Gasteiger partial charge on any atom is 0.251 e. The molecule has 1 amide bonds. The van der Waals surface area contributed by atoms with Crippen molar-refractivity contribution >= 4 is 29.1 Å². The summed E-state index contributed by atoms with van der Waals surface area (Å²) in [5, 5.41) is 8.48. The van der Waals surface area contributed by atoms with E-state index in [0.717, 1.165) is 34.0 Å². The molecule has 0 bridgehead atoms. The summed E-state index contributed by atoms with van der Waals surface area (Å²) >= 11 is 12.3. The van der Waals surface area contributed by atoms with Gasteiger partial charge in [-0.15, -0.1) is 0 Å². The van der Waals surface area contributed by atoms with E-state index in [0.29, 0.717) is 22.9 Å². The van der Waals surface area contributed by atoms with Crippen molar-refractivity contribution in [3.05, 3.63) is 80.6 Å². The van der Waals surface area contributed by atoms with E-state index >= 15 is 0 Å². The van der Waals surface area contributed by atoms with Crippen LogP contribution in [0.5, 0.6) is 5.75 Å². The monoisotopic (exact) mass is 431 g/mol. The third-order valence-electron chi connectivity index (χ3n) is 4.56. The molecule has 1 N–H and O–H groups in total. The first-order chi connectivity index (χ1) is 13.9. The highest BCUT2D eigenvalue weighted by Crippen LogP contribution is 2.26. The fourth-order valence-electron chi connectivity index (χ4n) is 2.89. The molecule has 29 heavy (non-hydrogen) atoms. The first-order valence-corrected chi connectivity index (χ1v) is 10.1. The van der Waals surface area contributed by atoms with Gasteiger partial charge in [0.25, 0.3) is 5.91 Å². The first-order valence-electron chi connectivity index (χ1n) is 9.36. The van der Waals surface area contributed by atoms with Crippen LogP contribution in [0.3, 0.4) is 0 Å². The van der Waals surface area contributed by atoms with E-state index in [1.807, 2.05) is 45.0 Å². The fraction of sp³-hybridized carbons (Fsp3) is 0.273. The van der Waals surface area contributed by atoms with Gasteiger partial charge in [-0.2, -0.15) is 5.10 Å². The van der Waals surface area contributed by atoms with Gasteiger partial charge in [0.05, 0.1) is 11.6 Å². The average molecular weight is 432 g/mol. The molecule has 0 unspecified atom stereocenters. The van der Waals surface area contributed by atoms with Crippen molar-refractivity contribution in [1.82, 2.24) is 15.1 Å². The minimum atomic E-state index is -0.177. The van der Waals surface area contributed by atoms with E-state index in [1.165, 1.54) is 0 Å². The molecule has 2 aromatic carbocycles. The molecular formula is C22H23Cl2N3O2. The lowest BCUT2D eigenvalue weighted by Gasteiger charge is -2.10. The third kappa shape index (κ3) is 5.31. The number of aromatic nitrogens is 2. The lowest BCUT2D eigenvalue weighted by atomic mass is 10.1. The topological polar surface area (TPSA) is 56.2 Å². The van der Waals surface area contributed by atoms with Gasteiger partial charge in [-0.1, -0.05) is 35.3 Å². The van der Waals surface area contributed by atoms with Crippen molar-refractivity contribution in [3.63, 3.8) is 0 Å². The Morgan fingerprint density at radius 2 is 1.79 bits per heavy atom. The van der Waals surface area contributed by atoms with Crippen LogP contribution in [0.1, 0.15) is 39.7 Å². The van der Waals surface area contributed by atoms with Gasteiger partial charge >= 0.3 is 0 Å². The number of rotatable bonds is 7. The lowest BCUT2D eigenvalue weighted by Crippen LogP contribution is -2.23. The summed E-state index contributed by atoms with van der Waals surface area (Å²) in [5.41, 5.74) is 4.16. The smallest absolute Gasteiger partial charge is 0.251 e. The van der Waals surface area contributed by atoms with E-state index in [4.69, 9.17) is 27.9 Å². The Morgan fingerprint density at radius 3 is 2.38 bits per heavy atom. The van der Waals surface area contributed by atoms with Crippen molar-refractivity contribution in [1.29, 1.82) is 0 Å². The zero-order valence-corrected chi connectivity index (χ0v) is 18.1. The van der Waals surface area contributed by atoms with Gasteiger partial charge in [-0.25, -0.2) is 0 Å². The van der Waals surface area contributed by atoms with Crippen molar-refractivity contribution in [2.24, 2.45) is 0 Å². The number of benzene rings is 2. The molecule has 5 nitrogen and oxygen atoms in total. The van der Waals surface area contributed by atoms with Gasteiger partial charge in [0.2, 0.25) is 0 Å². The average Bonchev–Trinajstić information content (AvgIpc) is 3.08. The Balaban J connectivity index is 1.56. The van der Waals surface area contributed by atoms with Crippen LogP contribution < -0.4 is 10.1 Å². The van der Waals surface area contributed by atoms with Crippen molar-refractivity contribution in [2.45, 2.75) is 40.5 Å². The van der Waals surface area contributed by atoms with Gasteiger partial charge in [-0.3, -0.25) is 9.48 Å². The third-order valence-corrected chi connectivity index (χ3v) is 5.47. The van der Waals surface area contributed by atoms with E-state index in [-0.39, 0.29) is 12.5 Å². The molecule has 1 aromatic heterocycles. The van der Waals surface area contributed by atoms with E-state index in [1.54, 1.807) is 23.0 Å². The summed E-state index contributed by atoms with van der Waals surface area (Å²) in [7, 11) is 0. The minimum Gasteiger partial charge on any atom is -0.489 e. The minimum absolute atomic E-state index is 0.177. The molecule has 7 heteroatoms. The predicted octanol–water partition coefficient (Wildman–Crippen LogP) is 5.34. The maximum absolute atomic E-state index is 12.4. The second kappa shape index (κ2) is 9.33. The molecule has 3 rings (SSSR count). The second-order valence-corrected chi connectivity index (χ2v) is 7.60. The molecule has 0 fully saturated rings. The number of halogens is 2. The van der Waals surface area contributed by atoms with Crippen molar-refractivity contribution < 1.29 is 9.53 Å². The van der Waals surface area contributed by atoms with Gasteiger partial charge in [0, 0.05) is 23.3 Å². The largest absolute Gasteiger partial charge is 0.489 e. The molecule has 0 saturated heterocycles. The number of nitrogens with zero attached hydrogens (tertiary/aromatic N) is 2. The zero-order chi connectivity index (χ0) is 21.0. The number of ether oxygens (including phenoxy) is 1. The van der Waals surface area contributed by atoms with Crippen molar-refractivity contribution in [3.8, 4) is 5.75 Å². The Bertz CT molecular complexity index is 990. The normalized spacial score (nSPS) is 10.8. The van der Waals surface area contributed by atoms with Crippen LogP contribution in [0.25, 0.3) is 0 Å². The SMILES string of the molecule is CCn1cc(Cl)c(CNC(=O)c2ccc(COc3cc(C)c(Cl)c(C)c3)cc2)n1. The lowest BCUT2D eigenvalue weighted by molar-refractivity contribution is 0.0950. The van der Waals surface area contributed by atoms with Crippen LogP contribution in [0.2, 0.25) is 10.0 Å². The Labute approximate surface area is 180 Å². The van der Waals surface area contributed by atoms with Crippen LogP contribution in [0.15, 0.2) is 42.6 Å². The molecule has 0 saturated carbocycles. The van der Waals surface area contributed by atoms with Crippen LogP contribution in [-0.2, 0) is 19.7 Å². The molecule has 0 aliphatic heterocycles. The van der Waals surface area contributed by atoms with E-state index in [2.05, 4.69) is 10.4 Å². The number of nitrogens with one attached hydrogen (secondary N) is 1. The van der Waals surface area contributed by atoms with Crippen molar-refractivity contribution in [2.75, 3.05) is 0 Å². The molecule has 0 radical (unpaired) electrons. The highest BCUT2D eigenvalue weighted by atomic mass is 35.5. The number of amides is 1. The summed E-state index contributed by atoms with van der Waals surface area (Å²) < 4.78 is 7.59. The van der Waals surface area contributed by atoms with Gasteiger partial charge in [-0.05, 0) is 61.7 Å². The van der Waals surface area contributed by atoms with Crippen LogP contribution in [0, 0.1) is 13.8 Å². The van der Waals surface area contributed by atoms with Gasteiger partial charge < -0.3 is 10.1 Å². The second-order valence-electron chi connectivity index (χ2n) is 6.82. The molecule has 0 spiro atoms. The van der Waals surface area contributed by atoms with E-state index < -0.39 is 0 Å². The number of aryl methyl sites for hydroxylation is 3. The summed E-state index contributed by atoms with van der Waals surface area (Å²) in [5.74, 6) is 0.596. The van der Waals surface area contributed by atoms with Gasteiger partial charge in [0.1, 0.15) is 18.1 Å². The summed E-state index contributed by atoms with van der Waals surface area (Å²) in [6.45, 7) is 7.31. The molecule has 0 aliphatic carbocycles. The van der Waals surface area contributed by atoms with Gasteiger partial charge in [0.15, 0.2) is 0 Å². The zero-order valence-electron chi connectivity index (χ0n) is 16.6. The first kappa shape index (κ1) is 21.2.